The molecule has 2 bridgehead atoms. The van der Waals surface area contributed by atoms with Crippen LogP contribution in [0.5, 0.6) is 5.75 Å². The van der Waals surface area contributed by atoms with Gasteiger partial charge in [-0.15, -0.1) is 0 Å². The number of piperazine rings is 1. The summed E-state index contributed by atoms with van der Waals surface area (Å²) in [6.07, 6.45) is 1.64. The summed E-state index contributed by atoms with van der Waals surface area (Å²) in [7, 11) is 0. The van der Waals surface area contributed by atoms with Crippen LogP contribution < -0.4 is 15.4 Å². The highest BCUT2D eigenvalue weighted by atomic mass is 19.2. The van der Waals surface area contributed by atoms with E-state index in [-0.39, 0.29) is 30.5 Å². The Labute approximate surface area is 243 Å². The van der Waals surface area contributed by atoms with Crippen LogP contribution in [0.1, 0.15) is 35.6 Å². The number of rotatable bonds is 9. The van der Waals surface area contributed by atoms with Gasteiger partial charge in [0.1, 0.15) is 0 Å². The molecule has 0 radical (unpaired) electrons. The highest BCUT2D eigenvalue weighted by Crippen LogP contribution is 2.33. The summed E-state index contributed by atoms with van der Waals surface area (Å²) >= 11 is 0. The van der Waals surface area contributed by atoms with Crippen molar-refractivity contribution < 1.29 is 27.5 Å². The Balaban J connectivity index is 1.32. The van der Waals surface area contributed by atoms with E-state index in [4.69, 9.17) is 4.74 Å². The maximum Gasteiger partial charge on any atom is 0.249 e. The van der Waals surface area contributed by atoms with E-state index in [0.29, 0.717) is 44.5 Å². The van der Waals surface area contributed by atoms with Crippen LogP contribution >= 0.6 is 0 Å². The van der Waals surface area contributed by atoms with Crippen LogP contribution in [0.4, 0.5) is 13.2 Å². The van der Waals surface area contributed by atoms with Crippen molar-refractivity contribution >= 4 is 17.4 Å². The van der Waals surface area contributed by atoms with Crippen LogP contribution in [0, 0.1) is 24.4 Å². The van der Waals surface area contributed by atoms with Crippen molar-refractivity contribution in [2.45, 2.75) is 45.2 Å². The van der Waals surface area contributed by atoms with Crippen molar-refractivity contribution in [2.75, 3.05) is 26.2 Å². The second-order valence-electron chi connectivity index (χ2n) is 10.8. The number of benzene rings is 3. The highest BCUT2D eigenvalue weighted by molar-refractivity contribution is 6.03. The van der Waals surface area contributed by atoms with Gasteiger partial charge in [0, 0.05) is 44.6 Å². The minimum absolute atomic E-state index is 0.0150. The fourth-order valence-corrected chi connectivity index (χ4v) is 5.72. The Morgan fingerprint density at radius 3 is 2.45 bits per heavy atom. The van der Waals surface area contributed by atoms with Crippen molar-refractivity contribution in [1.29, 1.82) is 0 Å². The molecule has 5 rings (SSSR count). The van der Waals surface area contributed by atoms with Crippen molar-refractivity contribution in [3.63, 3.8) is 0 Å². The van der Waals surface area contributed by atoms with E-state index in [0.717, 1.165) is 28.8 Å². The first-order valence-corrected chi connectivity index (χ1v) is 14.1. The van der Waals surface area contributed by atoms with Gasteiger partial charge in [-0.1, -0.05) is 48.5 Å². The molecular formula is C33H34F3N3O3. The zero-order valence-corrected chi connectivity index (χ0v) is 23.7. The fourth-order valence-electron chi connectivity index (χ4n) is 5.72. The summed E-state index contributed by atoms with van der Waals surface area (Å²) in [6.45, 7) is 5.03. The van der Waals surface area contributed by atoms with Crippen LogP contribution in [0.3, 0.4) is 0 Å². The summed E-state index contributed by atoms with van der Waals surface area (Å²) < 4.78 is 46.4. The Kier molecular flexibility index (Phi) is 8.97. The number of halogens is 3. The summed E-state index contributed by atoms with van der Waals surface area (Å²) in [5.41, 5.74) is 5.69. The molecule has 220 valence electrons. The number of carbonyl (C=O) groups excluding carboxylic acids is 2. The molecule has 9 heteroatoms. The lowest BCUT2D eigenvalue weighted by atomic mass is 9.83. The lowest BCUT2D eigenvalue weighted by Gasteiger charge is -2.44. The molecule has 2 amide bonds. The van der Waals surface area contributed by atoms with Gasteiger partial charge in [0.2, 0.25) is 17.6 Å². The number of amides is 2. The zero-order valence-electron chi connectivity index (χ0n) is 23.7. The van der Waals surface area contributed by atoms with Gasteiger partial charge < -0.3 is 20.3 Å². The number of nitrogens with zero attached hydrogens (tertiary/aromatic N) is 1. The van der Waals surface area contributed by atoms with Crippen LogP contribution in [0.2, 0.25) is 0 Å². The van der Waals surface area contributed by atoms with Crippen LogP contribution in [-0.2, 0) is 22.4 Å². The van der Waals surface area contributed by atoms with Gasteiger partial charge in [-0.3, -0.25) is 9.59 Å². The molecule has 3 aromatic rings. The predicted molar refractivity (Wildman–Crippen MR) is 154 cm³/mol. The molecule has 2 atom stereocenters. The molecule has 1 saturated heterocycles. The van der Waals surface area contributed by atoms with E-state index in [1.165, 1.54) is 11.1 Å². The summed E-state index contributed by atoms with van der Waals surface area (Å²) in [5, 5.41) is 6.63. The van der Waals surface area contributed by atoms with Crippen LogP contribution in [-0.4, -0.2) is 55.0 Å². The molecular weight excluding hydrogens is 543 g/mol. The number of hydrogen-bond acceptors (Lipinski definition) is 4. The lowest BCUT2D eigenvalue weighted by molar-refractivity contribution is -0.131. The first-order valence-electron chi connectivity index (χ1n) is 14.1. The number of nitrogens with one attached hydrogen (secondary N) is 2. The monoisotopic (exact) mass is 577 g/mol. The van der Waals surface area contributed by atoms with Gasteiger partial charge in [-0.25, -0.2) is 8.78 Å². The third kappa shape index (κ3) is 6.51. The molecule has 2 aliphatic heterocycles. The van der Waals surface area contributed by atoms with E-state index in [1.807, 2.05) is 36.4 Å². The maximum absolute atomic E-state index is 13.9. The summed E-state index contributed by atoms with van der Waals surface area (Å²) in [5.74, 6) is -4.37. The Hall–Kier alpha value is -4.11. The molecule has 1 fully saturated rings. The molecule has 0 aliphatic carbocycles. The minimum atomic E-state index is -1.35. The molecule has 2 aliphatic rings. The van der Waals surface area contributed by atoms with Gasteiger partial charge in [-0.05, 0) is 59.7 Å². The van der Waals surface area contributed by atoms with E-state index in [2.05, 4.69) is 29.7 Å². The molecule has 42 heavy (non-hydrogen) atoms. The molecule has 2 unspecified atom stereocenters. The number of carbonyl (C=O) groups is 2. The van der Waals surface area contributed by atoms with E-state index >= 15 is 0 Å². The van der Waals surface area contributed by atoms with Gasteiger partial charge in [0.05, 0.1) is 12.6 Å². The van der Waals surface area contributed by atoms with Crippen molar-refractivity contribution in [3.8, 4) is 5.75 Å². The summed E-state index contributed by atoms with van der Waals surface area (Å²) in [4.78, 5) is 27.6. The molecule has 0 aromatic heterocycles. The second-order valence-corrected chi connectivity index (χ2v) is 10.8. The van der Waals surface area contributed by atoms with E-state index < -0.39 is 23.2 Å². The third-order valence-corrected chi connectivity index (χ3v) is 7.98. The van der Waals surface area contributed by atoms with Gasteiger partial charge in [-0.2, -0.15) is 4.39 Å². The average Bonchev–Trinajstić information content (AvgIpc) is 2.97. The Bertz CT molecular complexity index is 1510. The first kappa shape index (κ1) is 29.4. The lowest BCUT2D eigenvalue weighted by Crippen LogP contribution is -2.61. The first-order chi connectivity index (χ1) is 20.2. The number of fused-ring (bicyclic) bond motifs is 2. The van der Waals surface area contributed by atoms with Crippen LogP contribution in [0.15, 0.2) is 66.2 Å². The topological polar surface area (TPSA) is 70.7 Å². The Morgan fingerprint density at radius 2 is 1.71 bits per heavy atom. The molecule has 0 spiro atoms. The SMILES string of the molecule is CC(=O)N1CC2CC(c3ccc(CCOc4c(F)ccc(F)c4F)cc3)=C(C(=O)NCCc3ccccc3C)C(C1)N2. The molecule has 6 nitrogen and oxygen atoms in total. The minimum Gasteiger partial charge on any atom is -0.487 e. The predicted octanol–water partition coefficient (Wildman–Crippen LogP) is 4.74. The number of ether oxygens (including phenoxy) is 1. The smallest absolute Gasteiger partial charge is 0.249 e. The number of hydrogen-bond donors (Lipinski definition) is 2. The van der Waals surface area contributed by atoms with Crippen molar-refractivity contribution in [2.24, 2.45) is 0 Å². The molecule has 0 saturated carbocycles. The van der Waals surface area contributed by atoms with Gasteiger partial charge in [0.25, 0.3) is 0 Å². The molecule has 2 N–H and O–H groups in total. The Morgan fingerprint density at radius 1 is 0.976 bits per heavy atom. The largest absolute Gasteiger partial charge is 0.487 e. The van der Waals surface area contributed by atoms with Gasteiger partial charge >= 0.3 is 0 Å². The van der Waals surface area contributed by atoms with E-state index in [1.54, 1.807) is 11.8 Å². The van der Waals surface area contributed by atoms with Crippen LogP contribution in [0.25, 0.3) is 5.57 Å². The molecule has 3 aromatic carbocycles. The fraction of sp³-hybridized carbons (Fsp3) is 0.333. The highest BCUT2D eigenvalue weighted by Gasteiger charge is 2.39. The zero-order chi connectivity index (χ0) is 29.8. The van der Waals surface area contributed by atoms with Gasteiger partial charge in [0.15, 0.2) is 17.4 Å². The number of aryl methyl sites for hydroxylation is 1. The molecule has 2 heterocycles. The quantitative estimate of drug-likeness (QED) is 0.361. The van der Waals surface area contributed by atoms with E-state index in [9.17, 15) is 22.8 Å². The normalized spacial score (nSPS) is 18.2. The second kappa shape index (κ2) is 12.8. The third-order valence-electron chi connectivity index (χ3n) is 7.98. The van der Waals surface area contributed by atoms with Crippen molar-refractivity contribution in [3.05, 3.63) is 106 Å². The summed E-state index contributed by atoms with van der Waals surface area (Å²) in [6, 6.07) is 17.0. The standard InChI is InChI=1S/C33H34F3N3O3/c1-20-5-3-4-6-23(20)13-15-37-33(41)30-26(17-25-18-39(21(2)40)19-29(30)38-25)24-9-7-22(8-10-24)14-16-42-32-28(35)12-11-27(34)31(32)36/h3-12,25,29,38H,13-19H2,1-2H3,(H,37,41). The average molecular weight is 578 g/mol. The van der Waals surface area contributed by atoms with Crippen molar-refractivity contribution in [1.82, 2.24) is 15.5 Å². The maximum atomic E-state index is 13.9.